The van der Waals surface area contributed by atoms with Crippen LogP contribution in [0, 0.1) is 5.82 Å². The molecule has 0 fully saturated rings. The lowest BCUT2D eigenvalue weighted by molar-refractivity contribution is 0.170. The van der Waals surface area contributed by atoms with Crippen molar-refractivity contribution in [2.24, 2.45) is 0 Å². The minimum Gasteiger partial charge on any atom is -0.486 e. The van der Waals surface area contributed by atoms with Gasteiger partial charge in [0.1, 0.15) is 36.3 Å². The van der Waals surface area contributed by atoms with Crippen LogP contribution in [0.4, 0.5) is 10.2 Å². The molecule has 1 aliphatic heterocycles. The van der Waals surface area contributed by atoms with Crippen molar-refractivity contribution < 1.29 is 13.9 Å². The first-order valence-electron chi connectivity index (χ1n) is 6.52. The van der Waals surface area contributed by atoms with Gasteiger partial charge in [-0.25, -0.2) is 14.4 Å². The van der Waals surface area contributed by atoms with E-state index >= 15 is 0 Å². The summed E-state index contributed by atoms with van der Waals surface area (Å²) < 4.78 is 24.7. The van der Waals surface area contributed by atoms with Crippen LogP contribution in [-0.4, -0.2) is 29.7 Å². The molecule has 0 bridgehead atoms. The van der Waals surface area contributed by atoms with Crippen LogP contribution in [0.5, 0.6) is 11.5 Å². The Morgan fingerprint density at radius 3 is 2.67 bits per heavy atom. The standard InChI is InChI=1S/C14H13ClFN3O2/c15-13-7-14(19-8-18-13)17-2-1-9-5-11-12(6-10(9)16)21-4-3-20-11/h5-8H,1-4H2,(H,17,18,19). The summed E-state index contributed by atoms with van der Waals surface area (Å²) in [5.41, 5.74) is 0.562. The molecule has 0 amide bonds. The molecule has 1 N–H and O–H groups in total. The van der Waals surface area contributed by atoms with Crippen molar-refractivity contribution in [2.45, 2.75) is 6.42 Å². The Hall–Kier alpha value is -2.08. The van der Waals surface area contributed by atoms with E-state index in [0.29, 0.717) is 54.2 Å². The quantitative estimate of drug-likeness (QED) is 0.880. The number of nitrogens with zero attached hydrogens (tertiary/aromatic N) is 2. The number of anilines is 1. The Balaban J connectivity index is 1.65. The van der Waals surface area contributed by atoms with E-state index < -0.39 is 0 Å². The SMILES string of the molecule is Fc1cc2c(cc1CCNc1cc(Cl)ncn1)OCCO2. The Labute approximate surface area is 126 Å². The summed E-state index contributed by atoms with van der Waals surface area (Å²) in [4.78, 5) is 7.81. The average molecular weight is 310 g/mol. The predicted molar refractivity (Wildman–Crippen MR) is 76.6 cm³/mol. The van der Waals surface area contributed by atoms with Crippen molar-refractivity contribution >= 4 is 17.4 Å². The fourth-order valence-corrected chi connectivity index (χ4v) is 2.20. The van der Waals surface area contributed by atoms with Gasteiger partial charge in [0.2, 0.25) is 0 Å². The molecule has 1 aromatic heterocycles. The molecule has 1 aliphatic rings. The highest BCUT2D eigenvalue weighted by Crippen LogP contribution is 2.32. The van der Waals surface area contributed by atoms with Gasteiger partial charge in [0.25, 0.3) is 0 Å². The zero-order chi connectivity index (χ0) is 14.7. The molecule has 0 spiro atoms. The third-order valence-electron chi connectivity index (χ3n) is 3.05. The Morgan fingerprint density at radius 2 is 1.90 bits per heavy atom. The van der Waals surface area contributed by atoms with E-state index in [9.17, 15) is 4.39 Å². The van der Waals surface area contributed by atoms with Crippen molar-refractivity contribution in [1.82, 2.24) is 9.97 Å². The van der Waals surface area contributed by atoms with Gasteiger partial charge in [-0.05, 0) is 18.1 Å². The van der Waals surface area contributed by atoms with Gasteiger partial charge in [0.15, 0.2) is 11.5 Å². The lowest BCUT2D eigenvalue weighted by atomic mass is 10.1. The molecule has 0 unspecified atom stereocenters. The number of fused-ring (bicyclic) bond motifs is 1. The van der Waals surface area contributed by atoms with Gasteiger partial charge in [0, 0.05) is 18.7 Å². The van der Waals surface area contributed by atoms with Gasteiger partial charge in [-0.1, -0.05) is 11.6 Å². The first-order chi connectivity index (χ1) is 10.2. The highest BCUT2D eigenvalue weighted by atomic mass is 35.5. The smallest absolute Gasteiger partial charge is 0.164 e. The number of aromatic nitrogens is 2. The van der Waals surface area contributed by atoms with Crippen LogP contribution >= 0.6 is 11.6 Å². The molecule has 5 nitrogen and oxygen atoms in total. The molecule has 110 valence electrons. The normalized spacial score (nSPS) is 13.0. The van der Waals surface area contributed by atoms with Crippen LogP contribution in [-0.2, 0) is 6.42 Å². The maximum Gasteiger partial charge on any atom is 0.164 e. The maximum atomic E-state index is 14.0. The number of nitrogens with one attached hydrogen (secondary N) is 1. The largest absolute Gasteiger partial charge is 0.486 e. The molecule has 0 radical (unpaired) electrons. The van der Waals surface area contributed by atoms with Gasteiger partial charge < -0.3 is 14.8 Å². The molecule has 0 saturated carbocycles. The molecule has 0 saturated heterocycles. The third-order valence-corrected chi connectivity index (χ3v) is 3.25. The summed E-state index contributed by atoms with van der Waals surface area (Å²) in [6.07, 6.45) is 1.86. The van der Waals surface area contributed by atoms with E-state index in [2.05, 4.69) is 15.3 Å². The molecule has 21 heavy (non-hydrogen) atoms. The molecule has 0 atom stereocenters. The Kier molecular flexibility index (Phi) is 4.06. The third kappa shape index (κ3) is 3.33. The van der Waals surface area contributed by atoms with Crippen LogP contribution < -0.4 is 14.8 Å². The maximum absolute atomic E-state index is 14.0. The monoisotopic (exact) mass is 309 g/mol. The second kappa shape index (κ2) is 6.13. The highest BCUT2D eigenvalue weighted by molar-refractivity contribution is 6.29. The molecule has 7 heteroatoms. The highest BCUT2D eigenvalue weighted by Gasteiger charge is 2.15. The number of rotatable bonds is 4. The van der Waals surface area contributed by atoms with Crippen molar-refractivity contribution in [3.8, 4) is 11.5 Å². The van der Waals surface area contributed by atoms with Crippen molar-refractivity contribution in [3.63, 3.8) is 0 Å². The van der Waals surface area contributed by atoms with E-state index in [1.807, 2.05) is 0 Å². The zero-order valence-corrected chi connectivity index (χ0v) is 11.9. The van der Waals surface area contributed by atoms with E-state index in [0.717, 1.165) is 0 Å². The lowest BCUT2D eigenvalue weighted by Gasteiger charge is -2.19. The number of halogens is 2. The fourth-order valence-electron chi connectivity index (χ4n) is 2.05. The molecule has 2 aromatic rings. The summed E-state index contributed by atoms with van der Waals surface area (Å²) in [6.45, 7) is 1.45. The van der Waals surface area contributed by atoms with Gasteiger partial charge in [-0.15, -0.1) is 0 Å². The van der Waals surface area contributed by atoms with Crippen LogP contribution in [0.25, 0.3) is 0 Å². The van der Waals surface area contributed by atoms with Crippen LogP contribution in [0.3, 0.4) is 0 Å². The minimum atomic E-state index is -0.304. The second-order valence-electron chi connectivity index (χ2n) is 4.49. The summed E-state index contributed by atoms with van der Waals surface area (Å²) >= 11 is 5.76. The van der Waals surface area contributed by atoms with Crippen LogP contribution in [0.15, 0.2) is 24.5 Å². The van der Waals surface area contributed by atoms with Gasteiger partial charge in [0.05, 0.1) is 0 Å². The van der Waals surface area contributed by atoms with E-state index in [4.69, 9.17) is 21.1 Å². The lowest BCUT2D eigenvalue weighted by Crippen LogP contribution is -2.16. The summed E-state index contributed by atoms with van der Waals surface area (Å²) in [5, 5.41) is 3.43. The number of benzene rings is 1. The van der Waals surface area contributed by atoms with Gasteiger partial charge >= 0.3 is 0 Å². The van der Waals surface area contributed by atoms with E-state index in [1.54, 1.807) is 12.1 Å². The van der Waals surface area contributed by atoms with Gasteiger partial charge in [-0.3, -0.25) is 0 Å². The average Bonchev–Trinajstić information content (AvgIpc) is 2.48. The summed E-state index contributed by atoms with van der Waals surface area (Å²) in [6, 6.07) is 4.66. The summed E-state index contributed by atoms with van der Waals surface area (Å²) in [5.74, 6) is 1.34. The first kappa shape index (κ1) is 13.9. The van der Waals surface area contributed by atoms with Crippen molar-refractivity contribution in [2.75, 3.05) is 25.1 Å². The molecule has 1 aromatic carbocycles. The van der Waals surface area contributed by atoms with Crippen molar-refractivity contribution in [1.29, 1.82) is 0 Å². The van der Waals surface area contributed by atoms with Crippen LogP contribution in [0.2, 0.25) is 5.15 Å². The Bertz CT molecular complexity index is 654. The van der Waals surface area contributed by atoms with Crippen LogP contribution in [0.1, 0.15) is 5.56 Å². The number of hydrogen-bond donors (Lipinski definition) is 1. The zero-order valence-electron chi connectivity index (χ0n) is 11.1. The molecule has 2 heterocycles. The predicted octanol–water partition coefficient (Wildman–Crippen LogP) is 2.69. The van der Waals surface area contributed by atoms with Crippen molar-refractivity contribution in [3.05, 3.63) is 41.1 Å². The van der Waals surface area contributed by atoms with Gasteiger partial charge in [-0.2, -0.15) is 0 Å². The topological polar surface area (TPSA) is 56.3 Å². The molecule has 0 aliphatic carbocycles. The van der Waals surface area contributed by atoms with E-state index in [-0.39, 0.29) is 5.82 Å². The minimum absolute atomic E-state index is 0.304. The molecular weight excluding hydrogens is 297 g/mol. The first-order valence-corrected chi connectivity index (χ1v) is 6.89. The molecular formula is C14H13ClFN3O2. The number of ether oxygens (including phenoxy) is 2. The number of hydrogen-bond acceptors (Lipinski definition) is 5. The second-order valence-corrected chi connectivity index (χ2v) is 4.88. The van der Waals surface area contributed by atoms with E-state index in [1.165, 1.54) is 12.4 Å². The Morgan fingerprint density at radius 1 is 1.14 bits per heavy atom. The summed E-state index contributed by atoms with van der Waals surface area (Å²) in [7, 11) is 0. The molecule has 3 rings (SSSR count). The fraction of sp³-hybridized carbons (Fsp3) is 0.286.